The van der Waals surface area contributed by atoms with Gasteiger partial charge >= 0.3 is 5.97 Å². The van der Waals surface area contributed by atoms with Crippen LogP contribution in [-0.2, 0) is 11.2 Å². The molecule has 9 heteroatoms. The summed E-state index contributed by atoms with van der Waals surface area (Å²) in [6, 6.07) is 11.7. The number of methoxy groups -OCH3 is 1. The molecule has 1 aromatic carbocycles. The normalized spacial score (nSPS) is 15.9. The average molecular weight is 400 g/mol. The van der Waals surface area contributed by atoms with E-state index >= 15 is 0 Å². The first-order valence-corrected chi connectivity index (χ1v) is 9.98. The van der Waals surface area contributed by atoms with Gasteiger partial charge in [0.1, 0.15) is 5.75 Å². The molecule has 1 atom stereocenters. The fraction of sp³-hybridized carbons (Fsp3) is 0.222. The number of thioether (sulfide) groups is 1. The Bertz CT molecular complexity index is 981. The second-order valence-electron chi connectivity index (χ2n) is 5.90. The maximum atomic E-state index is 11.3. The predicted molar refractivity (Wildman–Crippen MR) is 104 cm³/mol. The Morgan fingerprint density at radius 2 is 2.07 bits per heavy atom. The average Bonchev–Trinajstić information content (AvgIpc) is 3.32. The molecule has 3 heterocycles. The topological polar surface area (TPSA) is 89.6 Å². The number of carboxylic acids is 1. The van der Waals surface area contributed by atoms with Crippen molar-refractivity contribution in [3.8, 4) is 5.75 Å². The highest BCUT2D eigenvalue weighted by Crippen LogP contribution is 2.33. The number of nitrogens with zero attached hydrogens (tertiary/aromatic N) is 4. The molecular formula is C18H16N4O3S2. The lowest BCUT2D eigenvalue weighted by Gasteiger charge is -2.21. The summed E-state index contributed by atoms with van der Waals surface area (Å²) in [5.41, 5.74) is 1.82. The summed E-state index contributed by atoms with van der Waals surface area (Å²) in [5.74, 6) is 0.653. The van der Waals surface area contributed by atoms with Crippen molar-refractivity contribution in [3.63, 3.8) is 0 Å². The number of rotatable bonds is 6. The number of benzene rings is 1. The summed E-state index contributed by atoms with van der Waals surface area (Å²) in [6.45, 7) is 0. The molecule has 27 heavy (non-hydrogen) atoms. The van der Waals surface area contributed by atoms with Crippen LogP contribution in [0.4, 0.5) is 0 Å². The van der Waals surface area contributed by atoms with Crippen LogP contribution in [0.15, 0.2) is 52.0 Å². The molecule has 0 spiro atoms. The Labute approximate surface area is 163 Å². The van der Waals surface area contributed by atoms with E-state index in [1.807, 2.05) is 41.8 Å². The Balaban J connectivity index is 1.67. The highest BCUT2D eigenvalue weighted by molar-refractivity contribution is 8.00. The molecule has 0 aliphatic carbocycles. The molecule has 0 unspecified atom stereocenters. The number of fused-ring (bicyclic) bond motifs is 1. The quantitative estimate of drug-likeness (QED) is 0.684. The van der Waals surface area contributed by atoms with Gasteiger partial charge in [-0.25, -0.2) is 0 Å². The lowest BCUT2D eigenvalue weighted by Crippen LogP contribution is -2.26. The number of hydrogen-bond donors (Lipinski definition) is 1. The van der Waals surface area contributed by atoms with Crippen molar-refractivity contribution in [1.29, 1.82) is 0 Å². The minimum atomic E-state index is -0.858. The lowest BCUT2D eigenvalue weighted by molar-refractivity contribution is -0.136. The van der Waals surface area contributed by atoms with Crippen molar-refractivity contribution in [2.45, 2.75) is 23.2 Å². The minimum Gasteiger partial charge on any atom is -0.497 e. The first-order chi connectivity index (χ1) is 13.1. The zero-order valence-corrected chi connectivity index (χ0v) is 16.0. The van der Waals surface area contributed by atoms with Crippen LogP contribution in [0.2, 0.25) is 0 Å². The molecule has 0 bridgehead atoms. The van der Waals surface area contributed by atoms with E-state index in [0.29, 0.717) is 17.4 Å². The van der Waals surface area contributed by atoms with Crippen LogP contribution in [0.5, 0.6) is 5.75 Å². The van der Waals surface area contributed by atoms with E-state index in [4.69, 9.17) is 9.84 Å². The van der Waals surface area contributed by atoms with Gasteiger partial charge < -0.3 is 9.84 Å². The fourth-order valence-corrected chi connectivity index (χ4v) is 4.73. The second-order valence-corrected chi connectivity index (χ2v) is 8.02. The van der Waals surface area contributed by atoms with Crippen LogP contribution in [-0.4, -0.2) is 44.0 Å². The van der Waals surface area contributed by atoms with Gasteiger partial charge in [0.2, 0.25) is 5.16 Å². The van der Waals surface area contributed by atoms with E-state index in [1.165, 1.54) is 11.8 Å². The Hall–Kier alpha value is -2.65. The molecule has 0 amide bonds. The Morgan fingerprint density at radius 1 is 1.26 bits per heavy atom. The minimum absolute atomic E-state index is 0.0118. The van der Waals surface area contributed by atoms with Crippen LogP contribution in [0.3, 0.4) is 0 Å². The van der Waals surface area contributed by atoms with E-state index in [2.05, 4.69) is 10.2 Å². The van der Waals surface area contributed by atoms with Gasteiger partial charge in [0.15, 0.2) is 5.82 Å². The molecular weight excluding hydrogens is 384 g/mol. The molecule has 2 aromatic heterocycles. The summed E-state index contributed by atoms with van der Waals surface area (Å²) in [6.07, 6.45) is 0.560. The van der Waals surface area contributed by atoms with Gasteiger partial charge in [-0.2, -0.15) is 9.78 Å². The Morgan fingerprint density at radius 3 is 2.74 bits per heavy atom. The summed E-state index contributed by atoms with van der Waals surface area (Å²) in [4.78, 5) is 12.2. The van der Waals surface area contributed by atoms with E-state index in [9.17, 15) is 9.90 Å². The Kier molecular flexibility index (Phi) is 4.95. The third-order valence-electron chi connectivity index (χ3n) is 4.09. The van der Waals surface area contributed by atoms with Gasteiger partial charge in [0, 0.05) is 6.42 Å². The monoisotopic (exact) mass is 400 g/mol. The van der Waals surface area contributed by atoms with Gasteiger partial charge in [0.25, 0.3) is 0 Å². The van der Waals surface area contributed by atoms with Gasteiger partial charge in [-0.3, -0.25) is 4.79 Å². The maximum Gasteiger partial charge on any atom is 0.304 e. The summed E-state index contributed by atoms with van der Waals surface area (Å²) in [5, 5.41) is 24.8. The molecule has 1 N–H and O–H groups in total. The molecule has 4 rings (SSSR count). The van der Waals surface area contributed by atoms with Gasteiger partial charge in [-0.15, -0.1) is 21.5 Å². The molecule has 1 aliphatic rings. The smallest absolute Gasteiger partial charge is 0.304 e. The van der Waals surface area contributed by atoms with Crippen LogP contribution in [0, 0.1) is 0 Å². The van der Waals surface area contributed by atoms with Crippen molar-refractivity contribution in [3.05, 3.63) is 58.0 Å². The number of carbonyl (C=O) groups is 1. The number of carboxylic acid groups (broad SMARTS) is 1. The SMILES string of the molecule is COc1ccc(Cc2nnc3n2N=C(c2cccs2)[C@@H](CC(=O)O)S3)cc1. The van der Waals surface area contributed by atoms with E-state index in [-0.39, 0.29) is 11.7 Å². The summed E-state index contributed by atoms with van der Waals surface area (Å²) >= 11 is 2.94. The maximum absolute atomic E-state index is 11.3. The fourth-order valence-electron chi connectivity index (χ4n) is 2.79. The van der Waals surface area contributed by atoms with Crippen LogP contribution in [0.25, 0.3) is 0 Å². The van der Waals surface area contributed by atoms with Crippen molar-refractivity contribution in [2.24, 2.45) is 5.10 Å². The molecule has 3 aromatic rings. The molecule has 7 nitrogen and oxygen atoms in total. The molecule has 1 aliphatic heterocycles. The largest absolute Gasteiger partial charge is 0.497 e. The lowest BCUT2D eigenvalue weighted by atomic mass is 10.1. The molecule has 0 radical (unpaired) electrons. The first-order valence-electron chi connectivity index (χ1n) is 8.22. The number of thiophene rings is 1. The van der Waals surface area contributed by atoms with Gasteiger partial charge in [-0.05, 0) is 29.1 Å². The first kappa shape index (κ1) is 17.7. The molecule has 0 fully saturated rings. The van der Waals surface area contributed by atoms with Crippen LogP contribution < -0.4 is 4.74 Å². The van der Waals surface area contributed by atoms with Crippen molar-refractivity contribution < 1.29 is 14.6 Å². The predicted octanol–water partition coefficient (Wildman–Crippen LogP) is 3.14. The number of aromatic nitrogens is 3. The standard InChI is InChI=1S/C18H16N4O3S2/c1-25-12-6-4-11(5-7-12)9-15-19-20-18-22(15)21-17(13-3-2-8-26-13)14(27-18)10-16(23)24/h2-8,14H,9-10H2,1H3,(H,23,24)/t14-/m1/s1. The van der Waals surface area contributed by atoms with Crippen molar-refractivity contribution in [1.82, 2.24) is 14.9 Å². The summed E-state index contributed by atoms with van der Waals surface area (Å²) in [7, 11) is 1.63. The van der Waals surface area contributed by atoms with Crippen LogP contribution in [0.1, 0.15) is 22.7 Å². The number of ether oxygens (including phenoxy) is 1. The highest BCUT2D eigenvalue weighted by atomic mass is 32.2. The van der Waals surface area contributed by atoms with Gasteiger partial charge in [-0.1, -0.05) is 30.0 Å². The highest BCUT2D eigenvalue weighted by Gasteiger charge is 2.31. The molecule has 138 valence electrons. The zero-order chi connectivity index (χ0) is 18.8. The second kappa shape index (κ2) is 7.53. The van der Waals surface area contributed by atoms with E-state index in [1.54, 1.807) is 23.1 Å². The van der Waals surface area contributed by atoms with Crippen molar-refractivity contribution in [2.75, 3.05) is 7.11 Å². The van der Waals surface area contributed by atoms with E-state index in [0.717, 1.165) is 21.9 Å². The summed E-state index contributed by atoms with van der Waals surface area (Å²) < 4.78 is 6.91. The van der Waals surface area contributed by atoms with Crippen LogP contribution >= 0.6 is 23.1 Å². The van der Waals surface area contributed by atoms with Crippen molar-refractivity contribution >= 4 is 34.8 Å². The van der Waals surface area contributed by atoms with Gasteiger partial charge in [0.05, 0.1) is 29.4 Å². The number of hydrogen-bond acceptors (Lipinski definition) is 7. The third kappa shape index (κ3) is 3.74. The third-order valence-corrected chi connectivity index (χ3v) is 6.12. The molecule has 0 saturated carbocycles. The molecule has 0 saturated heterocycles. The van der Waals surface area contributed by atoms with E-state index < -0.39 is 5.97 Å². The zero-order valence-electron chi connectivity index (χ0n) is 14.4. The number of aliphatic carboxylic acids is 1.